The molecule has 4 nitrogen and oxygen atoms in total. The third-order valence-electron chi connectivity index (χ3n) is 2.66. The largest absolute Gasteiger partial charge is 0.368 e. The molecule has 1 aliphatic heterocycles. The predicted molar refractivity (Wildman–Crippen MR) is 48.6 cm³/mol. The van der Waals surface area contributed by atoms with Crippen LogP contribution < -0.4 is 5.73 Å². The Labute approximate surface area is 78.3 Å². The lowest BCUT2D eigenvalue weighted by molar-refractivity contribution is -0.129. The van der Waals surface area contributed by atoms with Crippen molar-refractivity contribution in [3.63, 3.8) is 0 Å². The summed E-state index contributed by atoms with van der Waals surface area (Å²) in [6.45, 7) is 2.92. The van der Waals surface area contributed by atoms with Crippen LogP contribution in [0.4, 0.5) is 0 Å². The second kappa shape index (κ2) is 4.24. The Hall–Kier alpha value is -1.08. The summed E-state index contributed by atoms with van der Waals surface area (Å²) in [5.41, 5.74) is 5.21. The minimum Gasteiger partial charge on any atom is -0.368 e. The predicted octanol–water partition coefficient (Wildman–Crippen LogP) is 0.238. The fraction of sp³-hybridized carbons (Fsp3) is 0.778. The van der Waals surface area contributed by atoms with E-state index in [4.69, 9.17) is 11.0 Å². The number of carbonyl (C=O) groups excluding carboxylic acids is 1. The summed E-state index contributed by atoms with van der Waals surface area (Å²) in [5, 5.41) is 8.57. The fourth-order valence-corrected chi connectivity index (χ4v) is 1.75. The third kappa shape index (κ3) is 1.99. The molecule has 0 radical (unpaired) electrons. The van der Waals surface area contributed by atoms with Crippen molar-refractivity contribution in [3.05, 3.63) is 0 Å². The van der Waals surface area contributed by atoms with Gasteiger partial charge in [-0.2, -0.15) is 5.26 Å². The van der Waals surface area contributed by atoms with E-state index in [0.29, 0.717) is 6.42 Å². The topological polar surface area (TPSA) is 70.1 Å². The summed E-state index contributed by atoms with van der Waals surface area (Å²) >= 11 is 0. The maximum atomic E-state index is 10.9. The Kier molecular flexibility index (Phi) is 3.26. The second-order valence-corrected chi connectivity index (χ2v) is 3.37. The molecule has 1 heterocycles. The van der Waals surface area contributed by atoms with Gasteiger partial charge in [0.1, 0.15) is 0 Å². The highest BCUT2D eigenvalue weighted by atomic mass is 16.1. The standard InChI is InChI=1S/C9H15N3O/c1-2-7(3-5-10)12-6-4-8(12)9(11)13/h7-8H,2-4,6H2,1H3,(H2,11,13). The number of primary amides is 1. The maximum absolute atomic E-state index is 10.9. The lowest BCUT2D eigenvalue weighted by Gasteiger charge is -2.43. The van der Waals surface area contributed by atoms with Gasteiger partial charge in [-0.3, -0.25) is 9.69 Å². The Morgan fingerprint density at radius 2 is 2.54 bits per heavy atom. The molecule has 2 N–H and O–H groups in total. The molecular weight excluding hydrogens is 166 g/mol. The Balaban J connectivity index is 2.51. The first kappa shape index (κ1) is 10.0. The number of nitriles is 1. The zero-order chi connectivity index (χ0) is 9.84. The summed E-state index contributed by atoms with van der Waals surface area (Å²) in [4.78, 5) is 12.9. The van der Waals surface area contributed by atoms with Gasteiger partial charge < -0.3 is 5.73 Å². The molecule has 13 heavy (non-hydrogen) atoms. The van der Waals surface area contributed by atoms with E-state index < -0.39 is 0 Å². The molecule has 2 atom stereocenters. The van der Waals surface area contributed by atoms with Crippen molar-refractivity contribution in [1.82, 2.24) is 4.90 Å². The van der Waals surface area contributed by atoms with Crippen LogP contribution in [-0.2, 0) is 4.79 Å². The molecule has 0 aromatic heterocycles. The first-order valence-electron chi connectivity index (χ1n) is 4.62. The number of nitrogens with two attached hydrogens (primary N) is 1. The van der Waals surface area contributed by atoms with Crippen molar-refractivity contribution in [2.24, 2.45) is 5.73 Å². The van der Waals surface area contributed by atoms with Crippen LogP contribution in [0.2, 0.25) is 0 Å². The molecule has 72 valence electrons. The van der Waals surface area contributed by atoms with Crippen molar-refractivity contribution in [3.8, 4) is 6.07 Å². The van der Waals surface area contributed by atoms with Gasteiger partial charge in [0.2, 0.25) is 5.91 Å². The van der Waals surface area contributed by atoms with Crippen LogP contribution in [0.15, 0.2) is 0 Å². The molecule has 0 aromatic carbocycles. The minimum atomic E-state index is -0.261. The molecule has 1 amide bonds. The van der Waals surface area contributed by atoms with E-state index in [9.17, 15) is 4.79 Å². The quantitative estimate of drug-likeness (QED) is 0.675. The summed E-state index contributed by atoms with van der Waals surface area (Å²) in [7, 11) is 0. The van der Waals surface area contributed by atoms with Crippen LogP contribution in [0.1, 0.15) is 26.2 Å². The highest BCUT2D eigenvalue weighted by molar-refractivity contribution is 5.80. The molecule has 1 rings (SSSR count). The van der Waals surface area contributed by atoms with Gasteiger partial charge >= 0.3 is 0 Å². The molecule has 0 bridgehead atoms. The van der Waals surface area contributed by atoms with Crippen LogP contribution in [0.5, 0.6) is 0 Å². The minimum absolute atomic E-state index is 0.127. The van der Waals surface area contributed by atoms with Gasteiger partial charge in [0, 0.05) is 12.6 Å². The third-order valence-corrected chi connectivity index (χ3v) is 2.66. The van der Waals surface area contributed by atoms with Gasteiger partial charge in [0.05, 0.1) is 18.5 Å². The number of hydrogen-bond donors (Lipinski definition) is 1. The lowest BCUT2D eigenvalue weighted by atomic mass is 9.96. The number of nitrogens with zero attached hydrogens (tertiary/aromatic N) is 2. The molecule has 0 aliphatic carbocycles. The SMILES string of the molecule is CCC(CC#N)N1CCC1C(N)=O. The van der Waals surface area contributed by atoms with Gasteiger partial charge in [-0.15, -0.1) is 0 Å². The Morgan fingerprint density at radius 1 is 1.85 bits per heavy atom. The second-order valence-electron chi connectivity index (χ2n) is 3.37. The molecule has 2 unspecified atom stereocenters. The van der Waals surface area contributed by atoms with E-state index in [1.165, 1.54) is 0 Å². The van der Waals surface area contributed by atoms with E-state index >= 15 is 0 Å². The van der Waals surface area contributed by atoms with Gasteiger partial charge in [-0.05, 0) is 12.8 Å². The van der Waals surface area contributed by atoms with Crippen molar-refractivity contribution >= 4 is 5.91 Å². The van der Waals surface area contributed by atoms with Gasteiger partial charge in [0.25, 0.3) is 0 Å². The monoisotopic (exact) mass is 181 g/mol. The highest BCUT2D eigenvalue weighted by Crippen LogP contribution is 2.23. The average Bonchev–Trinajstić information content (AvgIpc) is 2.00. The molecule has 0 spiro atoms. The number of hydrogen-bond acceptors (Lipinski definition) is 3. The van der Waals surface area contributed by atoms with Crippen molar-refractivity contribution in [2.45, 2.75) is 38.3 Å². The van der Waals surface area contributed by atoms with Crippen molar-refractivity contribution in [1.29, 1.82) is 5.26 Å². The Bertz CT molecular complexity index is 234. The summed E-state index contributed by atoms with van der Waals surface area (Å²) in [6, 6.07) is 2.21. The summed E-state index contributed by atoms with van der Waals surface area (Å²) in [5.74, 6) is -0.261. The highest BCUT2D eigenvalue weighted by Gasteiger charge is 2.36. The summed E-state index contributed by atoms with van der Waals surface area (Å²) < 4.78 is 0. The molecule has 1 saturated heterocycles. The van der Waals surface area contributed by atoms with Gasteiger partial charge in [-0.1, -0.05) is 6.92 Å². The molecule has 1 aliphatic rings. The van der Waals surface area contributed by atoms with Crippen molar-refractivity contribution < 1.29 is 4.79 Å². The van der Waals surface area contributed by atoms with E-state index in [1.807, 2.05) is 11.8 Å². The van der Waals surface area contributed by atoms with Crippen LogP contribution in [0.3, 0.4) is 0 Å². The number of rotatable bonds is 4. The summed E-state index contributed by atoms with van der Waals surface area (Å²) in [6.07, 6.45) is 2.23. The van der Waals surface area contributed by atoms with Crippen LogP contribution in [0, 0.1) is 11.3 Å². The fourth-order valence-electron chi connectivity index (χ4n) is 1.75. The molecule has 0 aromatic rings. The smallest absolute Gasteiger partial charge is 0.234 e. The molecule has 0 saturated carbocycles. The van der Waals surface area contributed by atoms with E-state index in [1.54, 1.807) is 0 Å². The Morgan fingerprint density at radius 3 is 2.85 bits per heavy atom. The van der Waals surface area contributed by atoms with E-state index in [0.717, 1.165) is 19.4 Å². The molecule has 1 fully saturated rings. The van der Waals surface area contributed by atoms with Gasteiger partial charge in [-0.25, -0.2) is 0 Å². The maximum Gasteiger partial charge on any atom is 0.234 e. The van der Waals surface area contributed by atoms with Crippen LogP contribution in [0.25, 0.3) is 0 Å². The molecule has 4 heteroatoms. The number of amides is 1. The van der Waals surface area contributed by atoms with Crippen LogP contribution in [-0.4, -0.2) is 29.4 Å². The first-order chi connectivity index (χ1) is 6.20. The van der Waals surface area contributed by atoms with E-state index in [-0.39, 0.29) is 18.0 Å². The normalized spacial score (nSPS) is 24.5. The first-order valence-corrected chi connectivity index (χ1v) is 4.62. The number of likely N-dealkylation sites (tertiary alicyclic amines) is 1. The zero-order valence-electron chi connectivity index (χ0n) is 7.86. The lowest BCUT2D eigenvalue weighted by Crippen LogP contribution is -2.58. The van der Waals surface area contributed by atoms with E-state index in [2.05, 4.69) is 6.07 Å². The number of carbonyl (C=O) groups is 1. The average molecular weight is 181 g/mol. The van der Waals surface area contributed by atoms with Crippen molar-refractivity contribution in [2.75, 3.05) is 6.54 Å². The van der Waals surface area contributed by atoms with Crippen LogP contribution >= 0.6 is 0 Å². The zero-order valence-corrected chi connectivity index (χ0v) is 7.86. The molecular formula is C9H15N3O. The van der Waals surface area contributed by atoms with Gasteiger partial charge in [0.15, 0.2) is 0 Å².